The van der Waals surface area contributed by atoms with E-state index in [4.69, 9.17) is 10.8 Å². The van der Waals surface area contributed by atoms with E-state index in [-0.39, 0.29) is 0 Å². The molecule has 3 unspecified atom stereocenters. The second-order valence-corrected chi connectivity index (χ2v) is 6.45. The van der Waals surface area contributed by atoms with Crippen LogP contribution in [0.15, 0.2) is 42.6 Å². The predicted octanol–water partition coefficient (Wildman–Crippen LogP) is 2.04. The van der Waals surface area contributed by atoms with Gasteiger partial charge in [0.15, 0.2) is 0 Å². The highest BCUT2D eigenvalue weighted by molar-refractivity contribution is 5.30. The van der Waals surface area contributed by atoms with Gasteiger partial charge in [-0.1, -0.05) is 18.2 Å². The molecule has 2 aliphatic rings. The number of benzene rings is 1. The summed E-state index contributed by atoms with van der Waals surface area (Å²) in [4.78, 5) is 2.52. The molecular weight excluding hydrogens is 260 g/mol. The maximum atomic E-state index is 6.21. The number of likely N-dealkylation sites (tertiary alicyclic amines) is 1. The van der Waals surface area contributed by atoms with Crippen LogP contribution in [0.4, 0.5) is 0 Å². The van der Waals surface area contributed by atoms with Crippen molar-refractivity contribution in [2.75, 3.05) is 13.1 Å². The summed E-state index contributed by atoms with van der Waals surface area (Å²) in [5.41, 5.74) is 8.47. The fraction of sp³-hybridized carbons (Fsp3) is 0.471. The van der Waals surface area contributed by atoms with Crippen LogP contribution < -0.4 is 5.73 Å². The van der Waals surface area contributed by atoms with Crippen LogP contribution in [0.5, 0.6) is 0 Å². The molecule has 0 spiro atoms. The number of aromatic nitrogens is 2. The fourth-order valence-electron chi connectivity index (χ4n) is 3.93. The Hall–Kier alpha value is -1.65. The number of para-hydroxylation sites is 1. The van der Waals surface area contributed by atoms with E-state index in [0.717, 1.165) is 30.4 Å². The van der Waals surface area contributed by atoms with Gasteiger partial charge in [0.25, 0.3) is 0 Å². The van der Waals surface area contributed by atoms with Gasteiger partial charge in [0.1, 0.15) is 0 Å². The molecule has 2 heterocycles. The van der Waals surface area contributed by atoms with Crippen molar-refractivity contribution in [3.8, 4) is 5.69 Å². The number of hydrogen-bond acceptors (Lipinski definition) is 3. The molecule has 4 nitrogen and oxygen atoms in total. The first kappa shape index (κ1) is 13.0. The van der Waals surface area contributed by atoms with Gasteiger partial charge < -0.3 is 5.73 Å². The zero-order valence-corrected chi connectivity index (χ0v) is 12.2. The molecule has 2 N–H and O–H groups in total. The maximum Gasteiger partial charge on any atom is 0.0769 e. The third kappa shape index (κ3) is 2.49. The Morgan fingerprint density at radius 2 is 1.95 bits per heavy atom. The van der Waals surface area contributed by atoms with E-state index in [1.807, 2.05) is 29.1 Å². The standard InChI is InChI=1S/C17H22N4/c18-17-7-6-13-10-20(12-16(13)17)11-14-8-9-21(19-14)15-4-2-1-3-5-15/h1-5,8-9,13,16-17H,6-7,10-12,18H2. The number of nitrogens with two attached hydrogens (primary N) is 1. The first-order valence-electron chi connectivity index (χ1n) is 7.87. The Morgan fingerprint density at radius 3 is 2.76 bits per heavy atom. The number of rotatable bonds is 3. The quantitative estimate of drug-likeness (QED) is 0.937. The van der Waals surface area contributed by atoms with Crippen LogP contribution in [0, 0.1) is 11.8 Å². The molecule has 1 aliphatic heterocycles. The van der Waals surface area contributed by atoms with Crippen molar-refractivity contribution in [3.63, 3.8) is 0 Å². The third-order valence-electron chi connectivity index (χ3n) is 5.04. The van der Waals surface area contributed by atoms with E-state index in [1.54, 1.807) is 0 Å². The summed E-state index contributed by atoms with van der Waals surface area (Å²) in [6.45, 7) is 3.28. The summed E-state index contributed by atoms with van der Waals surface area (Å²) >= 11 is 0. The monoisotopic (exact) mass is 282 g/mol. The summed E-state index contributed by atoms with van der Waals surface area (Å²) in [5, 5.41) is 4.70. The van der Waals surface area contributed by atoms with Crippen molar-refractivity contribution < 1.29 is 0 Å². The fourth-order valence-corrected chi connectivity index (χ4v) is 3.93. The van der Waals surface area contributed by atoms with Crippen molar-refractivity contribution >= 4 is 0 Å². The van der Waals surface area contributed by atoms with Crippen LogP contribution in [-0.4, -0.2) is 33.8 Å². The molecule has 4 rings (SSSR count). The van der Waals surface area contributed by atoms with Crippen molar-refractivity contribution in [1.29, 1.82) is 0 Å². The van der Waals surface area contributed by atoms with Crippen molar-refractivity contribution in [1.82, 2.24) is 14.7 Å². The summed E-state index contributed by atoms with van der Waals surface area (Å²) in [6.07, 6.45) is 4.57. The van der Waals surface area contributed by atoms with Crippen LogP contribution in [0.25, 0.3) is 5.69 Å². The van der Waals surface area contributed by atoms with Crippen molar-refractivity contribution in [2.45, 2.75) is 25.4 Å². The predicted molar refractivity (Wildman–Crippen MR) is 83.0 cm³/mol. The van der Waals surface area contributed by atoms with E-state index >= 15 is 0 Å². The van der Waals surface area contributed by atoms with E-state index in [1.165, 1.54) is 19.4 Å². The van der Waals surface area contributed by atoms with E-state index in [0.29, 0.717) is 12.0 Å². The van der Waals surface area contributed by atoms with Crippen LogP contribution in [0.2, 0.25) is 0 Å². The van der Waals surface area contributed by atoms with Gasteiger partial charge >= 0.3 is 0 Å². The zero-order valence-electron chi connectivity index (χ0n) is 12.2. The number of nitrogens with zero attached hydrogens (tertiary/aromatic N) is 3. The minimum atomic E-state index is 0.418. The van der Waals surface area contributed by atoms with Crippen LogP contribution in [0.1, 0.15) is 18.5 Å². The summed E-state index contributed by atoms with van der Waals surface area (Å²) < 4.78 is 1.96. The van der Waals surface area contributed by atoms with Gasteiger partial charge in [0, 0.05) is 31.9 Å². The lowest BCUT2D eigenvalue weighted by molar-refractivity contribution is 0.294. The Morgan fingerprint density at radius 1 is 1.10 bits per heavy atom. The molecule has 1 aromatic carbocycles. The molecule has 2 aromatic rings. The Bertz CT molecular complexity index is 606. The van der Waals surface area contributed by atoms with Crippen molar-refractivity contribution in [2.24, 2.45) is 17.6 Å². The summed E-state index contributed by atoms with van der Waals surface area (Å²) in [5.74, 6) is 1.53. The minimum absolute atomic E-state index is 0.418. The molecule has 21 heavy (non-hydrogen) atoms. The molecular formula is C17H22N4. The van der Waals surface area contributed by atoms with Crippen molar-refractivity contribution in [3.05, 3.63) is 48.3 Å². The van der Waals surface area contributed by atoms with Gasteiger partial charge in [0.05, 0.1) is 11.4 Å². The molecule has 4 heteroatoms. The third-order valence-corrected chi connectivity index (χ3v) is 5.04. The molecule has 2 fully saturated rings. The first-order valence-corrected chi connectivity index (χ1v) is 7.87. The molecule has 1 saturated heterocycles. The van der Waals surface area contributed by atoms with Crippen LogP contribution in [0.3, 0.4) is 0 Å². The number of fused-ring (bicyclic) bond motifs is 1. The zero-order chi connectivity index (χ0) is 14.2. The molecule has 3 atom stereocenters. The highest BCUT2D eigenvalue weighted by Crippen LogP contribution is 2.37. The second kappa shape index (κ2) is 5.28. The van der Waals surface area contributed by atoms with Gasteiger partial charge in [-0.2, -0.15) is 5.10 Å². The maximum absolute atomic E-state index is 6.21. The molecule has 110 valence electrons. The van der Waals surface area contributed by atoms with E-state index < -0.39 is 0 Å². The second-order valence-electron chi connectivity index (χ2n) is 6.45. The Kier molecular flexibility index (Phi) is 3.28. The van der Waals surface area contributed by atoms with E-state index in [9.17, 15) is 0 Å². The highest BCUT2D eigenvalue weighted by Gasteiger charge is 2.40. The average Bonchev–Trinajstić information content (AvgIpc) is 3.19. The van der Waals surface area contributed by atoms with Gasteiger partial charge in [0.2, 0.25) is 0 Å². The van der Waals surface area contributed by atoms with Crippen LogP contribution >= 0.6 is 0 Å². The highest BCUT2D eigenvalue weighted by atomic mass is 15.3. The average molecular weight is 282 g/mol. The largest absolute Gasteiger partial charge is 0.327 e. The Labute approximate surface area is 125 Å². The molecule has 1 aliphatic carbocycles. The molecule has 0 amide bonds. The minimum Gasteiger partial charge on any atom is -0.327 e. The lowest BCUT2D eigenvalue weighted by atomic mass is 9.98. The number of hydrogen-bond donors (Lipinski definition) is 1. The lowest BCUT2D eigenvalue weighted by Crippen LogP contribution is -2.30. The normalized spacial score (nSPS) is 28.9. The smallest absolute Gasteiger partial charge is 0.0769 e. The van der Waals surface area contributed by atoms with E-state index in [2.05, 4.69) is 23.1 Å². The summed E-state index contributed by atoms with van der Waals surface area (Å²) in [6, 6.07) is 12.8. The van der Waals surface area contributed by atoms with Gasteiger partial charge in [-0.3, -0.25) is 4.90 Å². The van der Waals surface area contributed by atoms with Crippen LogP contribution in [-0.2, 0) is 6.54 Å². The summed E-state index contributed by atoms with van der Waals surface area (Å²) in [7, 11) is 0. The molecule has 0 bridgehead atoms. The topological polar surface area (TPSA) is 47.1 Å². The first-order chi connectivity index (χ1) is 10.3. The van der Waals surface area contributed by atoms with Gasteiger partial charge in [-0.25, -0.2) is 4.68 Å². The van der Waals surface area contributed by atoms with Gasteiger partial charge in [-0.05, 0) is 42.9 Å². The molecule has 1 aromatic heterocycles. The molecule has 1 saturated carbocycles. The SMILES string of the molecule is NC1CCC2CN(Cc3ccn(-c4ccccc4)n3)CC12. The van der Waals surface area contributed by atoms with Gasteiger partial charge in [-0.15, -0.1) is 0 Å². The molecule has 0 radical (unpaired) electrons. The Balaban J connectivity index is 1.44. The lowest BCUT2D eigenvalue weighted by Gasteiger charge is -2.17.